The molecule has 0 saturated heterocycles. The highest BCUT2D eigenvalue weighted by atomic mass is 16.5. The summed E-state index contributed by atoms with van der Waals surface area (Å²) in [5.74, 6) is 0.0486. The molecule has 0 saturated carbocycles. The Hall–Kier alpha value is -2.40. The van der Waals surface area contributed by atoms with Crippen molar-refractivity contribution < 1.29 is 9.53 Å². The van der Waals surface area contributed by atoms with Crippen LogP contribution < -0.4 is 11.1 Å². The molecule has 0 aliphatic rings. The molecule has 2 aromatic rings. The number of para-hydroxylation sites is 1. The number of carbonyl (C=O) groups excluding carboxylic acids is 1. The van der Waals surface area contributed by atoms with Gasteiger partial charge in [-0.1, -0.05) is 24.3 Å². The molecule has 0 bridgehead atoms. The van der Waals surface area contributed by atoms with Crippen LogP contribution in [-0.2, 0) is 11.2 Å². The fourth-order valence-electron chi connectivity index (χ4n) is 1.84. The van der Waals surface area contributed by atoms with Gasteiger partial charge in [-0.2, -0.15) is 0 Å². The van der Waals surface area contributed by atoms with Crippen LogP contribution in [0.25, 0.3) is 0 Å². The van der Waals surface area contributed by atoms with E-state index < -0.39 is 0 Å². The summed E-state index contributed by atoms with van der Waals surface area (Å²) >= 11 is 0. The zero-order chi connectivity index (χ0) is 14.4. The van der Waals surface area contributed by atoms with E-state index in [0.717, 1.165) is 17.7 Å². The van der Waals surface area contributed by atoms with Gasteiger partial charge in [-0.05, 0) is 30.2 Å². The molecule has 0 aliphatic carbocycles. The van der Waals surface area contributed by atoms with Crippen LogP contribution in [0.5, 0.6) is 0 Å². The lowest BCUT2D eigenvalue weighted by Crippen LogP contribution is -2.15. The van der Waals surface area contributed by atoms with E-state index in [0.29, 0.717) is 18.1 Å². The number of nitrogens with one attached hydrogen (secondary N) is 1. The van der Waals surface area contributed by atoms with Gasteiger partial charge in [0.1, 0.15) is 11.5 Å². The van der Waals surface area contributed by atoms with Crippen molar-refractivity contribution in [1.29, 1.82) is 0 Å². The Labute approximate surface area is 117 Å². The van der Waals surface area contributed by atoms with Gasteiger partial charge in [-0.3, -0.25) is 4.79 Å². The highest BCUT2D eigenvalue weighted by Crippen LogP contribution is 2.16. The van der Waals surface area contributed by atoms with Crippen LogP contribution in [0, 0.1) is 0 Å². The minimum absolute atomic E-state index is 0.276. The van der Waals surface area contributed by atoms with Gasteiger partial charge in [0.2, 0.25) is 0 Å². The van der Waals surface area contributed by atoms with Crippen molar-refractivity contribution in [3.05, 3.63) is 53.7 Å². The summed E-state index contributed by atoms with van der Waals surface area (Å²) in [7, 11) is 1.65. The molecule has 104 valence electrons. The molecule has 2 rings (SSSR count). The summed E-state index contributed by atoms with van der Waals surface area (Å²) in [5.41, 5.74) is 7.66. The quantitative estimate of drug-likeness (QED) is 0.873. The topological polar surface area (TPSA) is 77.2 Å². The lowest BCUT2D eigenvalue weighted by Gasteiger charge is -2.10. The third-order valence-electron chi connectivity index (χ3n) is 2.84. The maximum atomic E-state index is 12.1. The van der Waals surface area contributed by atoms with E-state index in [1.54, 1.807) is 25.3 Å². The average Bonchev–Trinajstić information content (AvgIpc) is 2.46. The van der Waals surface area contributed by atoms with Crippen LogP contribution in [0.15, 0.2) is 42.5 Å². The molecule has 0 radical (unpaired) electrons. The van der Waals surface area contributed by atoms with Crippen LogP contribution in [0.2, 0.25) is 0 Å². The monoisotopic (exact) mass is 271 g/mol. The highest BCUT2D eigenvalue weighted by Gasteiger charge is 2.10. The Morgan fingerprint density at radius 2 is 2.05 bits per heavy atom. The minimum Gasteiger partial charge on any atom is -0.384 e. The number of carbonyl (C=O) groups is 1. The van der Waals surface area contributed by atoms with E-state index in [1.807, 2.05) is 24.3 Å². The molecule has 1 aromatic carbocycles. The van der Waals surface area contributed by atoms with Crippen molar-refractivity contribution in [1.82, 2.24) is 4.98 Å². The number of ether oxygens (including phenoxy) is 1. The molecule has 20 heavy (non-hydrogen) atoms. The van der Waals surface area contributed by atoms with E-state index in [1.165, 1.54) is 0 Å². The van der Waals surface area contributed by atoms with Gasteiger partial charge < -0.3 is 15.8 Å². The van der Waals surface area contributed by atoms with Crippen molar-refractivity contribution in [2.24, 2.45) is 0 Å². The maximum Gasteiger partial charge on any atom is 0.274 e. The first-order valence-corrected chi connectivity index (χ1v) is 6.31. The number of hydrogen-bond acceptors (Lipinski definition) is 4. The van der Waals surface area contributed by atoms with Gasteiger partial charge in [-0.25, -0.2) is 4.98 Å². The van der Waals surface area contributed by atoms with Crippen molar-refractivity contribution in [2.75, 3.05) is 24.8 Å². The molecule has 1 aromatic heterocycles. The number of nitrogens with two attached hydrogens (primary N) is 1. The average molecular weight is 271 g/mol. The molecule has 0 atom stereocenters. The van der Waals surface area contributed by atoms with Crippen molar-refractivity contribution in [3.8, 4) is 0 Å². The molecule has 5 heteroatoms. The van der Waals surface area contributed by atoms with E-state index in [-0.39, 0.29) is 5.91 Å². The largest absolute Gasteiger partial charge is 0.384 e. The number of benzene rings is 1. The number of nitrogen functional groups attached to an aromatic ring is 1. The summed E-state index contributed by atoms with van der Waals surface area (Å²) < 4.78 is 5.06. The fraction of sp³-hybridized carbons (Fsp3) is 0.200. The Balaban J connectivity index is 2.15. The Bertz CT molecular complexity index is 599. The Kier molecular flexibility index (Phi) is 4.68. The molecule has 0 fully saturated rings. The third kappa shape index (κ3) is 3.55. The second kappa shape index (κ2) is 6.68. The highest BCUT2D eigenvalue weighted by molar-refractivity contribution is 6.03. The number of hydrogen-bond donors (Lipinski definition) is 2. The Morgan fingerprint density at radius 3 is 2.80 bits per heavy atom. The third-order valence-corrected chi connectivity index (χ3v) is 2.84. The second-order valence-electron chi connectivity index (χ2n) is 4.30. The van der Waals surface area contributed by atoms with Crippen LogP contribution >= 0.6 is 0 Å². The van der Waals surface area contributed by atoms with Gasteiger partial charge in [0, 0.05) is 12.8 Å². The number of nitrogens with zero attached hydrogens (tertiary/aromatic N) is 1. The van der Waals surface area contributed by atoms with Gasteiger partial charge in [0.05, 0.1) is 6.61 Å². The molecule has 1 heterocycles. The molecule has 3 N–H and O–H groups in total. The van der Waals surface area contributed by atoms with E-state index in [9.17, 15) is 4.79 Å². The molecule has 1 amide bonds. The first-order valence-electron chi connectivity index (χ1n) is 6.31. The van der Waals surface area contributed by atoms with Gasteiger partial charge in [0.25, 0.3) is 5.91 Å². The second-order valence-corrected chi connectivity index (χ2v) is 4.30. The first kappa shape index (κ1) is 14.0. The van der Waals surface area contributed by atoms with Crippen molar-refractivity contribution in [3.63, 3.8) is 0 Å². The van der Waals surface area contributed by atoms with Gasteiger partial charge in [-0.15, -0.1) is 0 Å². The molecule has 0 unspecified atom stereocenters. The van der Waals surface area contributed by atoms with E-state index >= 15 is 0 Å². The minimum atomic E-state index is -0.276. The number of rotatable bonds is 5. The first-order chi connectivity index (χ1) is 9.70. The SMILES string of the molecule is COCCc1ccccc1NC(=O)c1cccc(N)n1. The maximum absolute atomic E-state index is 12.1. The fourth-order valence-corrected chi connectivity index (χ4v) is 1.84. The standard InChI is InChI=1S/C15H17N3O2/c1-20-10-9-11-5-2-3-6-12(11)18-15(19)13-7-4-8-14(16)17-13/h2-8H,9-10H2,1H3,(H2,16,17)(H,18,19). The van der Waals surface area contributed by atoms with Gasteiger partial charge >= 0.3 is 0 Å². The summed E-state index contributed by atoms with van der Waals surface area (Å²) in [5, 5.41) is 2.85. The number of anilines is 2. The van der Waals surface area contributed by atoms with Crippen molar-refractivity contribution in [2.45, 2.75) is 6.42 Å². The lowest BCUT2D eigenvalue weighted by atomic mass is 10.1. The van der Waals surface area contributed by atoms with Crippen LogP contribution in [-0.4, -0.2) is 24.6 Å². The molecular weight excluding hydrogens is 254 g/mol. The summed E-state index contributed by atoms with van der Waals surface area (Å²) in [6, 6.07) is 12.6. The number of amides is 1. The van der Waals surface area contributed by atoms with Crippen molar-refractivity contribution >= 4 is 17.4 Å². The number of methoxy groups -OCH3 is 1. The molecule has 0 aliphatic heterocycles. The predicted octanol–water partition coefficient (Wildman–Crippen LogP) is 2.10. The predicted molar refractivity (Wildman–Crippen MR) is 78.6 cm³/mol. The van der Waals surface area contributed by atoms with Gasteiger partial charge in [0.15, 0.2) is 0 Å². The zero-order valence-corrected chi connectivity index (χ0v) is 11.3. The number of pyridine rings is 1. The normalized spacial score (nSPS) is 10.2. The number of aromatic nitrogens is 1. The summed E-state index contributed by atoms with van der Waals surface area (Å²) in [6.07, 6.45) is 0.733. The van der Waals surface area contributed by atoms with Crippen LogP contribution in [0.4, 0.5) is 11.5 Å². The molecular formula is C15H17N3O2. The summed E-state index contributed by atoms with van der Waals surface area (Å²) in [4.78, 5) is 16.1. The molecule has 0 spiro atoms. The van der Waals surface area contributed by atoms with E-state index in [4.69, 9.17) is 10.5 Å². The van der Waals surface area contributed by atoms with E-state index in [2.05, 4.69) is 10.3 Å². The molecule has 5 nitrogen and oxygen atoms in total. The zero-order valence-electron chi connectivity index (χ0n) is 11.3. The summed E-state index contributed by atoms with van der Waals surface area (Å²) in [6.45, 7) is 0.601. The Morgan fingerprint density at radius 1 is 1.25 bits per heavy atom. The van der Waals surface area contributed by atoms with Crippen LogP contribution in [0.3, 0.4) is 0 Å². The van der Waals surface area contributed by atoms with Crippen LogP contribution in [0.1, 0.15) is 16.1 Å². The lowest BCUT2D eigenvalue weighted by molar-refractivity contribution is 0.102. The smallest absolute Gasteiger partial charge is 0.274 e.